The Bertz CT molecular complexity index is 768. The number of carbonyl (C=O) groups excluding carboxylic acids is 1. The first-order chi connectivity index (χ1) is 14.4. The van der Waals surface area contributed by atoms with Gasteiger partial charge in [0.15, 0.2) is 11.7 Å². The van der Waals surface area contributed by atoms with Crippen LogP contribution in [0.2, 0.25) is 0 Å². The Hall–Kier alpha value is -1.73. The van der Waals surface area contributed by atoms with Gasteiger partial charge < -0.3 is 20.7 Å². The average molecular weight is 574 g/mol. The zero-order valence-electron chi connectivity index (χ0n) is 19.2. The fourth-order valence-electron chi connectivity index (χ4n) is 3.43. The van der Waals surface area contributed by atoms with E-state index in [2.05, 4.69) is 26.0 Å². The molecule has 0 atom stereocenters. The minimum atomic E-state index is -4.52. The summed E-state index contributed by atoms with van der Waals surface area (Å²) in [6.07, 6.45) is -0.456. The summed E-state index contributed by atoms with van der Waals surface area (Å²) in [4.78, 5) is 16.3. The maximum absolute atomic E-state index is 13.1. The molecule has 1 fully saturated rings. The number of nitrogens with zero attached hydrogens (tertiary/aromatic N) is 3. The molecule has 0 saturated heterocycles. The predicted molar refractivity (Wildman–Crippen MR) is 127 cm³/mol. The molecule has 8 nitrogen and oxygen atoms in total. The molecule has 0 radical (unpaired) electrons. The zero-order valence-corrected chi connectivity index (χ0v) is 21.5. The van der Waals surface area contributed by atoms with Crippen LogP contribution < -0.4 is 16.0 Å². The number of ether oxygens (including phenoxy) is 1. The number of hydrogen-bond acceptors (Lipinski definition) is 4. The highest BCUT2D eigenvalue weighted by atomic mass is 127. The molecule has 2 rings (SSSR count). The molecule has 0 aliphatic heterocycles. The van der Waals surface area contributed by atoms with E-state index in [1.165, 1.54) is 13.2 Å². The van der Waals surface area contributed by atoms with E-state index in [9.17, 15) is 18.0 Å². The van der Waals surface area contributed by atoms with E-state index in [1.54, 1.807) is 0 Å². The van der Waals surface area contributed by atoms with Crippen LogP contribution in [-0.4, -0.2) is 46.1 Å². The zero-order chi connectivity index (χ0) is 23.2. The van der Waals surface area contributed by atoms with Crippen molar-refractivity contribution in [2.45, 2.75) is 83.8 Å². The third-order valence-corrected chi connectivity index (χ3v) is 4.71. The molecule has 1 amide bonds. The lowest BCUT2D eigenvalue weighted by Gasteiger charge is -2.31. The van der Waals surface area contributed by atoms with Crippen LogP contribution >= 0.6 is 24.0 Å². The molecule has 32 heavy (non-hydrogen) atoms. The Morgan fingerprint density at radius 2 is 1.75 bits per heavy atom. The molecule has 1 heterocycles. The third-order valence-electron chi connectivity index (χ3n) is 4.71. The number of carbonyl (C=O) groups is 1. The Balaban J connectivity index is 0.00000512. The molecule has 0 bridgehead atoms. The van der Waals surface area contributed by atoms with Crippen LogP contribution in [0, 0.1) is 0 Å². The number of alkyl halides is 3. The molecule has 1 aromatic rings. The molecule has 1 aliphatic carbocycles. The summed E-state index contributed by atoms with van der Waals surface area (Å²) < 4.78 is 45.8. The van der Waals surface area contributed by atoms with Gasteiger partial charge in [-0.2, -0.15) is 18.3 Å². The van der Waals surface area contributed by atoms with E-state index < -0.39 is 23.6 Å². The predicted octanol–water partition coefficient (Wildman–Crippen LogP) is 3.95. The van der Waals surface area contributed by atoms with Crippen LogP contribution in [0.1, 0.15) is 64.6 Å². The fraction of sp³-hybridized carbons (Fsp3) is 0.750. The molecule has 1 saturated carbocycles. The molecule has 1 aliphatic rings. The summed E-state index contributed by atoms with van der Waals surface area (Å²) in [7, 11) is 1.45. The fourth-order valence-corrected chi connectivity index (χ4v) is 3.43. The minimum Gasteiger partial charge on any atom is -0.444 e. The minimum absolute atomic E-state index is 0. The molecule has 3 N–H and O–H groups in total. The van der Waals surface area contributed by atoms with Crippen molar-refractivity contribution in [2.75, 3.05) is 6.54 Å². The number of hydrogen-bond donors (Lipinski definition) is 3. The van der Waals surface area contributed by atoms with Crippen LogP contribution in [0.5, 0.6) is 0 Å². The number of nitrogens with one attached hydrogen (secondary N) is 3. The summed E-state index contributed by atoms with van der Waals surface area (Å²) in [6.45, 7) is 7.80. The first-order valence-corrected chi connectivity index (χ1v) is 10.5. The summed E-state index contributed by atoms with van der Waals surface area (Å²) >= 11 is 0. The van der Waals surface area contributed by atoms with Crippen molar-refractivity contribution in [3.8, 4) is 0 Å². The molecule has 0 aromatic carbocycles. The summed E-state index contributed by atoms with van der Waals surface area (Å²) in [6, 6.07) is 0.155. The normalized spacial score (nSPS) is 19.7. The van der Waals surface area contributed by atoms with Crippen molar-refractivity contribution in [1.29, 1.82) is 0 Å². The van der Waals surface area contributed by atoms with Crippen molar-refractivity contribution >= 4 is 36.0 Å². The van der Waals surface area contributed by atoms with Gasteiger partial charge in [-0.25, -0.2) is 9.79 Å². The van der Waals surface area contributed by atoms with Crippen molar-refractivity contribution in [1.82, 2.24) is 25.7 Å². The van der Waals surface area contributed by atoms with E-state index in [-0.39, 0.29) is 48.2 Å². The lowest BCUT2D eigenvalue weighted by atomic mass is 9.91. The standard InChI is InChI=1S/C20H33F3N6O2.HI/c1-6-24-17(25-11-13-12-29(5)28-16(13)20(21,22)23)26-14-7-9-15(10-8-14)27-18(30)31-19(2,3)4;/h12,14-15H,6-11H2,1-5H3,(H,27,30)(H2,24,25,26);1H. The van der Waals surface area contributed by atoms with Gasteiger partial charge in [0, 0.05) is 37.4 Å². The second kappa shape index (κ2) is 11.9. The summed E-state index contributed by atoms with van der Waals surface area (Å²) in [5.41, 5.74) is -1.43. The molecular formula is C20H34F3IN6O2. The van der Waals surface area contributed by atoms with Gasteiger partial charge in [-0.1, -0.05) is 0 Å². The van der Waals surface area contributed by atoms with Crippen molar-refractivity contribution in [2.24, 2.45) is 12.0 Å². The van der Waals surface area contributed by atoms with Crippen LogP contribution in [0.25, 0.3) is 0 Å². The highest BCUT2D eigenvalue weighted by Crippen LogP contribution is 2.30. The van der Waals surface area contributed by atoms with Gasteiger partial charge >= 0.3 is 12.3 Å². The maximum atomic E-state index is 13.1. The van der Waals surface area contributed by atoms with E-state index in [0.29, 0.717) is 12.5 Å². The second-order valence-corrected chi connectivity index (χ2v) is 8.71. The maximum Gasteiger partial charge on any atom is 0.435 e. The van der Waals surface area contributed by atoms with Gasteiger partial charge in [0.25, 0.3) is 0 Å². The van der Waals surface area contributed by atoms with Gasteiger partial charge in [-0.15, -0.1) is 24.0 Å². The number of aryl methyl sites for hydroxylation is 1. The number of halogens is 4. The van der Waals surface area contributed by atoms with E-state index in [4.69, 9.17) is 4.74 Å². The van der Waals surface area contributed by atoms with Crippen molar-refractivity contribution in [3.63, 3.8) is 0 Å². The van der Waals surface area contributed by atoms with Crippen LogP contribution in [0.4, 0.5) is 18.0 Å². The van der Waals surface area contributed by atoms with E-state index in [0.717, 1.165) is 30.4 Å². The summed E-state index contributed by atoms with van der Waals surface area (Å²) in [5, 5.41) is 12.8. The van der Waals surface area contributed by atoms with Gasteiger partial charge in [0.1, 0.15) is 5.60 Å². The first kappa shape index (κ1) is 28.3. The van der Waals surface area contributed by atoms with E-state index in [1.807, 2.05) is 27.7 Å². The average Bonchev–Trinajstić information content (AvgIpc) is 3.01. The lowest BCUT2D eigenvalue weighted by Crippen LogP contribution is -2.48. The molecule has 0 unspecified atom stereocenters. The van der Waals surface area contributed by atoms with Crippen molar-refractivity contribution in [3.05, 3.63) is 17.5 Å². The van der Waals surface area contributed by atoms with Crippen LogP contribution in [0.3, 0.4) is 0 Å². The Labute approximate surface area is 204 Å². The number of guanidine groups is 1. The first-order valence-electron chi connectivity index (χ1n) is 10.5. The number of aromatic nitrogens is 2. The largest absolute Gasteiger partial charge is 0.444 e. The molecule has 0 spiro atoms. The van der Waals surface area contributed by atoms with E-state index >= 15 is 0 Å². The van der Waals surface area contributed by atoms with Crippen molar-refractivity contribution < 1.29 is 22.7 Å². The third kappa shape index (κ3) is 9.41. The second-order valence-electron chi connectivity index (χ2n) is 8.71. The number of alkyl carbamates (subject to hydrolysis) is 1. The highest BCUT2D eigenvalue weighted by molar-refractivity contribution is 14.0. The monoisotopic (exact) mass is 574 g/mol. The van der Waals surface area contributed by atoms with Gasteiger partial charge in [-0.05, 0) is 53.4 Å². The quantitative estimate of drug-likeness (QED) is 0.282. The smallest absolute Gasteiger partial charge is 0.435 e. The topological polar surface area (TPSA) is 92.6 Å². The molecule has 184 valence electrons. The SMILES string of the molecule is CCNC(=NCc1cn(C)nc1C(F)(F)F)NC1CCC(NC(=O)OC(C)(C)C)CC1.I. The summed E-state index contributed by atoms with van der Waals surface area (Å²) in [5.74, 6) is 0.461. The van der Waals surface area contributed by atoms with Gasteiger partial charge in [0.2, 0.25) is 0 Å². The Kier molecular flexibility index (Phi) is 10.6. The number of amides is 1. The molecule has 1 aromatic heterocycles. The number of rotatable bonds is 5. The Morgan fingerprint density at radius 1 is 1.19 bits per heavy atom. The van der Waals surface area contributed by atoms with Gasteiger partial charge in [-0.3, -0.25) is 4.68 Å². The molecule has 12 heteroatoms. The number of aliphatic imine (C=N–C) groups is 1. The highest BCUT2D eigenvalue weighted by Gasteiger charge is 2.36. The van der Waals surface area contributed by atoms with Crippen LogP contribution in [0.15, 0.2) is 11.2 Å². The van der Waals surface area contributed by atoms with Gasteiger partial charge in [0.05, 0.1) is 6.54 Å². The molecular weight excluding hydrogens is 540 g/mol. The van der Waals surface area contributed by atoms with Crippen LogP contribution in [-0.2, 0) is 24.5 Å². The Morgan fingerprint density at radius 3 is 2.25 bits per heavy atom. The lowest BCUT2D eigenvalue weighted by molar-refractivity contribution is -0.142.